The molecule has 0 aliphatic rings. The number of para-hydroxylation sites is 1. The lowest BCUT2D eigenvalue weighted by atomic mass is 10.2. The van der Waals surface area contributed by atoms with Crippen molar-refractivity contribution >= 4 is 40.8 Å². The Labute approximate surface area is 158 Å². The Balaban J connectivity index is 2.25. The zero-order valence-electron chi connectivity index (χ0n) is 14.4. The van der Waals surface area contributed by atoms with E-state index in [0.29, 0.717) is 4.90 Å². The fourth-order valence-electron chi connectivity index (χ4n) is 2.29. The zero-order valence-corrected chi connectivity index (χ0v) is 15.1. The number of amides is 2. The minimum absolute atomic E-state index is 0.0853. The van der Waals surface area contributed by atoms with Crippen molar-refractivity contribution in [2.24, 2.45) is 0 Å². The van der Waals surface area contributed by atoms with Crippen LogP contribution in [0.4, 0.5) is 20.2 Å². The molecule has 1 N–H and O–H groups in total. The molecule has 142 valence electrons. The molecule has 0 saturated carbocycles. The maximum Gasteiger partial charge on any atom is 0.337 e. The lowest BCUT2D eigenvalue weighted by Gasteiger charge is -2.22. The Morgan fingerprint density at radius 3 is 2.33 bits per heavy atom. The molecule has 0 saturated heterocycles. The first kappa shape index (κ1) is 20.3. The summed E-state index contributed by atoms with van der Waals surface area (Å²) in [6.07, 6.45) is 0. The van der Waals surface area contributed by atoms with Crippen LogP contribution in [-0.2, 0) is 14.3 Å². The molecule has 0 aliphatic heterocycles. The van der Waals surface area contributed by atoms with Gasteiger partial charge in [-0.05, 0) is 30.3 Å². The number of benzene rings is 2. The summed E-state index contributed by atoms with van der Waals surface area (Å²) >= 11 is 5.99. The second-order valence-electron chi connectivity index (χ2n) is 5.41. The zero-order chi connectivity index (χ0) is 20.1. The molecule has 9 heteroatoms. The van der Waals surface area contributed by atoms with E-state index >= 15 is 0 Å². The summed E-state index contributed by atoms with van der Waals surface area (Å²) in [5.74, 6) is -4.10. The largest absolute Gasteiger partial charge is 0.465 e. The van der Waals surface area contributed by atoms with Crippen LogP contribution in [0.15, 0.2) is 36.4 Å². The molecule has 0 fully saturated rings. The first-order valence-electron chi connectivity index (χ1n) is 7.64. The van der Waals surface area contributed by atoms with Gasteiger partial charge in [-0.1, -0.05) is 17.7 Å². The van der Waals surface area contributed by atoms with Crippen molar-refractivity contribution in [3.05, 3.63) is 58.6 Å². The van der Waals surface area contributed by atoms with Crippen molar-refractivity contribution in [1.29, 1.82) is 0 Å². The quantitative estimate of drug-likeness (QED) is 0.786. The van der Waals surface area contributed by atoms with Crippen LogP contribution in [0.1, 0.15) is 17.3 Å². The van der Waals surface area contributed by atoms with Gasteiger partial charge in [0.1, 0.15) is 23.9 Å². The molecular formula is C18H15ClF2N2O4. The molecule has 0 atom stereocenters. The van der Waals surface area contributed by atoms with Gasteiger partial charge in [-0.3, -0.25) is 14.5 Å². The normalized spacial score (nSPS) is 10.3. The number of ether oxygens (including phenoxy) is 1. The van der Waals surface area contributed by atoms with Gasteiger partial charge in [-0.25, -0.2) is 13.6 Å². The molecule has 0 unspecified atom stereocenters. The van der Waals surface area contributed by atoms with Crippen LogP contribution in [0.2, 0.25) is 5.02 Å². The van der Waals surface area contributed by atoms with Crippen molar-refractivity contribution in [3.8, 4) is 0 Å². The van der Waals surface area contributed by atoms with Crippen LogP contribution in [0, 0.1) is 11.6 Å². The minimum atomic E-state index is -0.983. The van der Waals surface area contributed by atoms with Gasteiger partial charge in [0.05, 0.1) is 23.4 Å². The first-order valence-corrected chi connectivity index (χ1v) is 8.02. The van der Waals surface area contributed by atoms with Gasteiger partial charge < -0.3 is 10.1 Å². The van der Waals surface area contributed by atoms with Crippen LogP contribution in [-0.4, -0.2) is 31.4 Å². The Hall–Kier alpha value is -3.00. The SMILES string of the molecule is COC(=O)c1ccc(Cl)c(NC(=O)CN(C(C)=O)c2c(F)cccc2F)c1. The molecule has 0 spiro atoms. The summed E-state index contributed by atoms with van der Waals surface area (Å²) in [7, 11) is 1.20. The lowest BCUT2D eigenvalue weighted by Crippen LogP contribution is -2.37. The highest BCUT2D eigenvalue weighted by molar-refractivity contribution is 6.34. The van der Waals surface area contributed by atoms with Crippen LogP contribution in [0.25, 0.3) is 0 Å². The van der Waals surface area contributed by atoms with Gasteiger partial charge in [0.25, 0.3) is 0 Å². The summed E-state index contributed by atoms with van der Waals surface area (Å²) in [5.41, 5.74) is -0.405. The molecule has 0 heterocycles. The van der Waals surface area contributed by atoms with E-state index in [0.717, 1.165) is 25.1 Å². The number of hydrogen-bond donors (Lipinski definition) is 1. The van der Waals surface area contributed by atoms with E-state index in [-0.39, 0.29) is 16.3 Å². The van der Waals surface area contributed by atoms with E-state index in [1.807, 2.05) is 0 Å². The number of carbonyl (C=O) groups excluding carboxylic acids is 3. The number of esters is 1. The summed E-state index contributed by atoms with van der Waals surface area (Å²) in [5, 5.41) is 2.53. The number of rotatable bonds is 5. The number of methoxy groups -OCH3 is 1. The predicted octanol–water partition coefficient (Wildman–Crippen LogP) is 3.40. The molecule has 0 aliphatic carbocycles. The molecule has 2 aromatic carbocycles. The van der Waals surface area contributed by atoms with Crippen molar-refractivity contribution < 1.29 is 27.9 Å². The maximum absolute atomic E-state index is 13.9. The topological polar surface area (TPSA) is 75.7 Å². The average Bonchev–Trinajstić information content (AvgIpc) is 2.61. The fraction of sp³-hybridized carbons (Fsp3) is 0.167. The molecule has 0 bridgehead atoms. The standard InChI is InChI=1S/C18H15ClF2N2O4/c1-10(24)23(17-13(20)4-3-5-14(17)21)9-16(25)22-15-8-11(18(26)27-2)6-7-12(15)19/h3-8H,9H2,1-2H3,(H,22,25). The van der Waals surface area contributed by atoms with Gasteiger partial charge in [0.2, 0.25) is 11.8 Å². The summed E-state index contributed by atoms with van der Waals surface area (Å²) < 4.78 is 32.5. The van der Waals surface area contributed by atoms with Gasteiger partial charge in [0, 0.05) is 6.92 Å². The van der Waals surface area contributed by atoms with Crippen LogP contribution >= 0.6 is 11.6 Å². The number of anilines is 2. The van der Waals surface area contributed by atoms with E-state index in [9.17, 15) is 23.2 Å². The van der Waals surface area contributed by atoms with E-state index < -0.39 is 41.7 Å². The third-order valence-corrected chi connectivity index (χ3v) is 3.88. The van der Waals surface area contributed by atoms with Gasteiger partial charge >= 0.3 is 5.97 Å². The summed E-state index contributed by atoms with van der Waals surface area (Å²) in [4.78, 5) is 36.4. The average molecular weight is 397 g/mol. The fourth-order valence-corrected chi connectivity index (χ4v) is 2.46. The number of nitrogens with one attached hydrogen (secondary N) is 1. The molecule has 0 aromatic heterocycles. The second-order valence-corrected chi connectivity index (χ2v) is 5.82. The third kappa shape index (κ3) is 4.79. The first-order chi connectivity index (χ1) is 12.7. The molecule has 27 heavy (non-hydrogen) atoms. The van der Waals surface area contributed by atoms with Crippen molar-refractivity contribution in [1.82, 2.24) is 0 Å². The van der Waals surface area contributed by atoms with Crippen LogP contribution in [0.5, 0.6) is 0 Å². The minimum Gasteiger partial charge on any atom is -0.465 e. The number of halogens is 3. The Morgan fingerprint density at radius 1 is 1.15 bits per heavy atom. The second kappa shape index (κ2) is 8.59. The molecule has 2 amide bonds. The van der Waals surface area contributed by atoms with Gasteiger partial charge in [-0.2, -0.15) is 0 Å². The van der Waals surface area contributed by atoms with E-state index in [1.165, 1.54) is 25.3 Å². The number of carbonyl (C=O) groups is 3. The number of hydrogen-bond acceptors (Lipinski definition) is 4. The molecule has 2 rings (SSSR count). The van der Waals surface area contributed by atoms with E-state index in [1.54, 1.807) is 0 Å². The lowest BCUT2D eigenvalue weighted by molar-refractivity contribution is -0.120. The van der Waals surface area contributed by atoms with Crippen LogP contribution < -0.4 is 10.2 Å². The van der Waals surface area contributed by atoms with Gasteiger partial charge in [0.15, 0.2) is 0 Å². The molecule has 2 aromatic rings. The molecule has 0 radical (unpaired) electrons. The Kier molecular flexibility index (Phi) is 6.46. The highest BCUT2D eigenvalue weighted by atomic mass is 35.5. The van der Waals surface area contributed by atoms with Crippen molar-refractivity contribution in [2.45, 2.75) is 6.92 Å². The van der Waals surface area contributed by atoms with E-state index in [4.69, 9.17) is 11.6 Å². The monoisotopic (exact) mass is 396 g/mol. The van der Waals surface area contributed by atoms with Gasteiger partial charge in [-0.15, -0.1) is 0 Å². The maximum atomic E-state index is 13.9. The summed E-state index contributed by atoms with van der Waals surface area (Å²) in [6.45, 7) is 0.413. The van der Waals surface area contributed by atoms with Crippen LogP contribution in [0.3, 0.4) is 0 Å². The Bertz CT molecular complexity index is 885. The highest BCUT2D eigenvalue weighted by Gasteiger charge is 2.23. The summed E-state index contributed by atoms with van der Waals surface area (Å²) in [6, 6.07) is 7.16. The third-order valence-electron chi connectivity index (χ3n) is 3.55. The number of nitrogens with zero attached hydrogens (tertiary/aromatic N) is 1. The Morgan fingerprint density at radius 2 is 1.78 bits per heavy atom. The van der Waals surface area contributed by atoms with Crippen molar-refractivity contribution in [3.63, 3.8) is 0 Å². The highest BCUT2D eigenvalue weighted by Crippen LogP contribution is 2.25. The van der Waals surface area contributed by atoms with Crippen molar-refractivity contribution in [2.75, 3.05) is 23.9 Å². The molecule has 6 nitrogen and oxygen atoms in total. The predicted molar refractivity (Wildman–Crippen MR) is 95.8 cm³/mol. The van der Waals surface area contributed by atoms with E-state index in [2.05, 4.69) is 10.1 Å². The molecular weight excluding hydrogens is 382 g/mol. The smallest absolute Gasteiger partial charge is 0.337 e.